The van der Waals surface area contributed by atoms with Crippen LogP contribution in [0, 0.1) is 0 Å². The lowest BCUT2D eigenvalue weighted by Crippen LogP contribution is -2.29. The molecular formula is C23H30N2O3. The molecule has 0 unspecified atom stereocenters. The van der Waals surface area contributed by atoms with Crippen LogP contribution < -0.4 is 5.48 Å². The molecule has 2 aromatic rings. The van der Waals surface area contributed by atoms with E-state index in [0.717, 1.165) is 25.1 Å². The van der Waals surface area contributed by atoms with Crippen LogP contribution in [0.2, 0.25) is 0 Å². The summed E-state index contributed by atoms with van der Waals surface area (Å²) in [6, 6.07) is 20.8. The Morgan fingerprint density at radius 1 is 1.07 bits per heavy atom. The Labute approximate surface area is 167 Å². The molecule has 150 valence electrons. The van der Waals surface area contributed by atoms with Gasteiger partial charge in [0.1, 0.15) is 0 Å². The Balaban J connectivity index is 2.45. The van der Waals surface area contributed by atoms with Gasteiger partial charge in [-0.1, -0.05) is 60.7 Å². The van der Waals surface area contributed by atoms with Crippen molar-refractivity contribution in [1.29, 1.82) is 0 Å². The molecule has 0 saturated heterocycles. The second kappa shape index (κ2) is 10.6. The van der Waals surface area contributed by atoms with E-state index in [0.29, 0.717) is 0 Å². The number of rotatable bonds is 11. The second-order valence-electron chi connectivity index (χ2n) is 7.22. The van der Waals surface area contributed by atoms with Crippen molar-refractivity contribution in [3.63, 3.8) is 0 Å². The SMILES string of the molecule is CC(=CC(CCCN(C)C)(c1ccccc1)c1ccccc1)NOCC(=O)O. The summed E-state index contributed by atoms with van der Waals surface area (Å²) in [6.45, 7) is 2.49. The molecule has 5 nitrogen and oxygen atoms in total. The monoisotopic (exact) mass is 382 g/mol. The minimum Gasteiger partial charge on any atom is -0.479 e. The maximum atomic E-state index is 10.7. The van der Waals surface area contributed by atoms with Crippen LogP contribution in [0.3, 0.4) is 0 Å². The number of benzene rings is 2. The van der Waals surface area contributed by atoms with E-state index in [-0.39, 0.29) is 5.41 Å². The lowest BCUT2D eigenvalue weighted by atomic mass is 9.70. The van der Waals surface area contributed by atoms with Crippen molar-refractivity contribution in [3.05, 3.63) is 83.6 Å². The third-order valence-corrected chi connectivity index (χ3v) is 4.65. The highest BCUT2D eigenvalue weighted by Crippen LogP contribution is 2.39. The zero-order valence-electron chi connectivity index (χ0n) is 16.9. The first kappa shape index (κ1) is 21.7. The van der Waals surface area contributed by atoms with E-state index in [1.54, 1.807) is 0 Å². The highest BCUT2D eigenvalue weighted by atomic mass is 16.7. The smallest absolute Gasteiger partial charge is 0.332 e. The normalized spacial score (nSPS) is 12.2. The van der Waals surface area contributed by atoms with Crippen molar-refractivity contribution in [2.75, 3.05) is 27.2 Å². The molecule has 0 aromatic heterocycles. The van der Waals surface area contributed by atoms with Gasteiger partial charge in [-0.05, 0) is 57.6 Å². The zero-order chi connectivity index (χ0) is 20.4. The molecule has 2 aromatic carbocycles. The zero-order valence-corrected chi connectivity index (χ0v) is 16.9. The van der Waals surface area contributed by atoms with Crippen LogP contribution in [-0.2, 0) is 15.0 Å². The molecular weight excluding hydrogens is 352 g/mol. The van der Waals surface area contributed by atoms with Crippen LogP contribution in [0.4, 0.5) is 0 Å². The Bertz CT molecular complexity index is 718. The number of allylic oxidation sites excluding steroid dienone is 2. The van der Waals surface area contributed by atoms with Gasteiger partial charge < -0.3 is 10.0 Å². The number of carboxylic acids is 1. The van der Waals surface area contributed by atoms with Crippen LogP contribution in [0.15, 0.2) is 72.4 Å². The third kappa shape index (κ3) is 6.22. The van der Waals surface area contributed by atoms with E-state index in [4.69, 9.17) is 9.94 Å². The van der Waals surface area contributed by atoms with Crippen molar-refractivity contribution in [1.82, 2.24) is 10.4 Å². The van der Waals surface area contributed by atoms with Gasteiger partial charge >= 0.3 is 5.97 Å². The molecule has 0 aliphatic heterocycles. The topological polar surface area (TPSA) is 61.8 Å². The fraction of sp³-hybridized carbons (Fsp3) is 0.348. The maximum Gasteiger partial charge on any atom is 0.332 e. The molecule has 0 spiro atoms. The van der Waals surface area contributed by atoms with Crippen molar-refractivity contribution < 1.29 is 14.7 Å². The lowest BCUT2D eigenvalue weighted by molar-refractivity contribution is -0.144. The lowest BCUT2D eigenvalue weighted by Gasteiger charge is -2.34. The Hall–Kier alpha value is -2.63. The minimum absolute atomic E-state index is 0.345. The molecule has 0 aliphatic carbocycles. The van der Waals surface area contributed by atoms with Gasteiger partial charge in [0.2, 0.25) is 0 Å². The van der Waals surface area contributed by atoms with E-state index in [9.17, 15) is 4.79 Å². The molecule has 2 rings (SSSR count). The summed E-state index contributed by atoms with van der Waals surface area (Å²) >= 11 is 0. The summed E-state index contributed by atoms with van der Waals surface area (Å²) in [4.78, 5) is 18.0. The number of nitrogens with zero attached hydrogens (tertiary/aromatic N) is 1. The molecule has 0 saturated carbocycles. The average Bonchev–Trinajstić information content (AvgIpc) is 2.68. The number of aliphatic carboxylic acids is 1. The van der Waals surface area contributed by atoms with Crippen LogP contribution in [0.5, 0.6) is 0 Å². The number of carbonyl (C=O) groups is 1. The quantitative estimate of drug-likeness (QED) is 0.579. The number of hydrogen-bond donors (Lipinski definition) is 2. The summed E-state index contributed by atoms with van der Waals surface area (Å²) < 4.78 is 0. The molecule has 0 atom stereocenters. The van der Waals surface area contributed by atoms with Gasteiger partial charge in [0.25, 0.3) is 0 Å². The summed E-state index contributed by atoms with van der Waals surface area (Å²) in [5, 5.41) is 8.79. The number of hydrogen-bond acceptors (Lipinski definition) is 4. The molecule has 0 bridgehead atoms. The van der Waals surface area contributed by atoms with E-state index >= 15 is 0 Å². The molecule has 5 heteroatoms. The Morgan fingerprint density at radius 3 is 2.07 bits per heavy atom. The van der Waals surface area contributed by atoms with Gasteiger partial charge in [-0.3, -0.25) is 10.3 Å². The van der Waals surface area contributed by atoms with Crippen molar-refractivity contribution in [2.45, 2.75) is 25.2 Å². The molecule has 0 fully saturated rings. The summed E-state index contributed by atoms with van der Waals surface area (Å²) in [5.41, 5.74) is 5.60. The molecule has 28 heavy (non-hydrogen) atoms. The summed E-state index contributed by atoms with van der Waals surface area (Å²) in [7, 11) is 4.16. The van der Waals surface area contributed by atoms with Crippen LogP contribution in [-0.4, -0.2) is 43.2 Å². The summed E-state index contributed by atoms with van der Waals surface area (Å²) in [6.07, 6.45) is 4.07. The van der Waals surface area contributed by atoms with E-state index in [1.807, 2.05) is 19.1 Å². The van der Waals surface area contributed by atoms with Crippen LogP contribution in [0.25, 0.3) is 0 Å². The number of carboxylic acid groups (broad SMARTS) is 1. The fourth-order valence-electron chi connectivity index (χ4n) is 3.45. The standard InChI is InChI=1S/C23H30N2O3/c1-19(24-28-18-22(26)27)17-23(15-10-16-25(2)3,20-11-6-4-7-12-20)21-13-8-5-9-14-21/h4-9,11-14,17,24H,10,15-16,18H2,1-3H3,(H,26,27). The van der Waals surface area contributed by atoms with E-state index in [2.05, 4.69) is 79.1 Å². The van der Waals surface area contributed by atoms with E-state index in [1.165, 1.54) is 11.1 Å². The highest BCUT2D eigenvalue weighted by molar-refractivity contribution is 5.67. The van der Waals surface area contributed by atoms with Gasteiger partial charge in [-0.2, -0.15) is 0 Å². The number of nitrogens with one attached hydrogen (secondary N) is 1. The largest absolute Gasteiger partial charge is 0.479 e. The predicted octanol–water partition coefficient (Wildman–Crippen LogP) is 3.82. The van der Waals surface area contributed by atoms with Crippen molar-refractivity contribution >= 4 is 5.97 Å². The first-order valence-corrected chi connectivity index (χ1v) is 9.49. The maximum absolute atomic E-state index is 10.7. The van der Waals surface area contributed by atoms with Gasteiger partial charge in [0, 0.05) is 11.1 Å². The minimum atomic E-state index is -1.01. The van der Waals surface area contributed by atoms with Gasteiger partial charge in [0.15, 0.2) is 6.61 Å². The fourth-order valence-corrected chi connectivity index (χ4v) is 3.45. The third-order valence-electron chi connectivity index (χ3n) is 4.65. The molecule has 2 N–H and O–H groups in total. The Kier molecular flexibility index (Phi) is 8.23. The van der Waals surface area contributed by atoms with Crippen molar-refractivity contribution in [3.8, 4) is 0 Å². The van der Waals surface area contributed by atoms with Crippen LogP contribution in [0.1, 0.15) is 30.9 Å². The molecule has 0 amide bonds. The van der Waals surface area contributed by atoms with Crippen LogP contribution >= 0.6 is 0 Å². The Morgan fingerprint density at radius 2 is 1.61 bits per heavy atom. The van der Waals surface area contributed by atoms with Gasteiger partial charge in [0.05, 0.1) is 0 Å². The first-order valence-electron chi connectivity index (χ1n) is 9.49. The molecule has 0 aliphatic rings. The predicted molar refractivity (Wildman–Crippen MR) is 112 cm³/mol. The van der Waals surface area contributed by atoms with Crippen molar-refractivity contribution in [2.24, 2.45) is 0 Å². The average molecular weight is 383 g/mol. The number of hydroxylamine groups is 1. The molecule has 0 radical (unpaired) electrons. The second-order valence-corrected chi connectivity index (χ2v) is 7.22. The van der Waals surface area contributed by atoms with E-state index < -0.39 is 12.6 Å². The van der Waals surface area contributed by atoms with Gasteiger partial charge in [-0.15, -0.1) is 0 Å². The molecule has 0 heterocycles. The highest BCUT2D eigenvalue weighted by Gasteiger charge is 2.32. The first-order chi connectivity index (χ1) is 13.4. The summed E-state index contributed by atoms with van der Waals surface area (Å²) in [5.74, 6) is -1.01. The van der Waals surface area contributed by atoms with Gasteiger partial charge in [-0.25, -0.2) is 4.79 Å².